The van der Waals surface area contributed by atoms with Crippen LogP contribution in [-0.2, 0) is 19.1 Å². The van der Waals surface area contributed by atoms with Gasteiger partial charge in [0.2, 0.25) is 17.7 Å². The van der Waals surface area contributed by atoms with E-state index in [2.05, 4.69) is 10.6 Å². The molecule has 0 aromatic heterocycles. The number of hydrogen-bond donors (Lipinski definition) is 3. The Labute approximate surface area is 251 Å². The number of nitrogens with one attached hydrogen (secondary N) is 2. The molecule has 3 aliphatic rings. The standard InChI is InChI=1S/C34H39N3O6/c1-5-25(19-38)37-29(31(40)36-24-12-11-21-9-7-8-10-22(21)17-24)34-18-20(3)33(4,43-34)27(28(34)32(37)41)30(39)35-23-13-15-26(16-14-23)42-6-2/h7-17,20,25,27-29,38H,5-6,18-19H2,1-4H3,(H,35,39)(H,36,40)/t20?,25-,27-,28-,29?,33+,34?/m0/s1. The molecule has 9 heteroatoms. The fourth-order valence-electron chi connectivity index (χ4n) is 7.68. The van der Waals surface area contributed by atoms with Crippen molar-refractivity contribution in [3.63, 3.8) is 0 Å². The third-order valence-electron chi connectivity index (χ3n) is 9.81. The van der Waals surface area contributed by atoms with Gasteiger partial charge in [0.1, 0.15) is 17.4 Å². The van der Waals surface area contributed by atoms with E-state index in [0.717, 1.165) is 10.8 Å². The Balaban J connectivity index is 1.36. The zero-order chi connectivity index (χ0) is 30.5. The molecule has 0 radical (unpaired) electrons. The van der Waals surface area contributed by atoms with Crippen molar-refractivity contribution in [1.82, 2.24) is 4.90 Å². The van der Waals surface area contributed by atoms with Crippen molar-refractivity contribution in [2.75, 3.05) is 23.8 Å². The number of rotatable bonds is 9. The smallest absolute Gasteiger partial charge is 0.250 e. The third-order valence-corrected chi connectivity index (χ3v) is 9.81. The molecule has 2 bridgehead atoms. The number of amides is 3. The molecule has 1 spiro atoms. The summed E-state index contributed by atoms with van der Waals surface area (Å²) in [4.78, 5) is 44.1. The molecule has 3 heterocycles. The quantitative estimate of drug-likeness (QED) is 0.338. The summed E-state index contributed by atoms with van der Waals surface area (Å²) in [5, 5.41) is 18.4. The van der Waals surface area contributed by atoms with Crippen LogP contribution in [0.5, 0.6) is 5.75 Å². The van der Waals surface area contributed by atoms with E-state index in [9.17, 15) is 19.5 Å². The predicted octanol–water partition coefficient (Wildman–Crippen LogP) is 4.60. The van der Waals surface area contributed by atoms with E-state index in [4.69, 9.17) is 9.47 Å². The second kappa shape index (κ2) is 11.0. The molecule has 3 saturated heterocycles. The Kier molecular flexibility index (Phi) is 7.42. The summed E-state index contributed by atoms with van der Waals surface area (Å²) in [6.07, 6.45) is 0.890. The molecule has 226 valence electrons. The van der Waals surface area contributed by atoms with Gasteiger partial charge in [0.05, 0.1) is 36.7 Å². The molecule has 3 aromatic carbocycles. The second-order valence-electron chi connectivity index (χ2n) is 12.2. The van der Waals surface area contributed by atoms with E-state index in [0.29, 0.717) is 36.6 Å². The molecule has 7 atom stereocenters. The van der Waals surface area contributed by atoms with Crippen LogP contribution in [0, 0.1) is 17.8 Å². The molecule has 6 rings (SSSR count). The summed E-state index contributed by atoms with van der Waals surface area (Å²) in [5.74, 6) is -2.15. The largest absolute Gasteiger partial charge is 0.494 e. The molecule has 3 aliphatic heterocycles. The van der Waals surface area contributed by atoms with Crippen molar-refractivity contribution in [3.05, 3.63) is 66.7 Å². The summed E-state index contributed by atoms with van der Waals surface area (Å²) in [6, 6.07) is 19.0. The molecular formula is C34H39N3O6. The monoisotopic (exact) mass is 585 g/mol. The van der Waals surface area contributed by atoms with Crippen molar-refractivity contribution in [2.45, 2.75) is 63.8 Å². The summed E-state index contributed by atoms with van der Waals surface area (Å²) in [5.41, 5.74) is -0.986. The normalized spacial score (nSPS) is 29.9. The van der Waals surface area contributed by atoms with Crippen LogP contribution in [0.2, 0.25) is 0 Å². The van der Waals surface area contributed by atoms with Gasteiger partial charge in [-0.2, -0.15) is 0 Å². The number of benzene rings is 3. The van der Waals surface area contributed by atoms with Crippen molar-refractivity contribution in [2.24, 2.45) is 17.8 Å². The molecule has 3 fully saturated rings. The molecule has 9 nitrogen and oxygen atoms in total. The Morgan fingerprint density at radius 3 is 2.37 bits per heavy atom. The molecule has 3 N–H and O–H groups in total. The maximum absolute atomic E-state index is 14.4. The maximum atomic E-state index is 14.4. The molecule has 0 saturated carbocycles. The number of anilines is 2. The minimum absolute atomic E-state index is 0.0993. The highest BCUT2D eigenvalue weighted by Crippen LogP contribution is 2.65. The SMILES string of the molecule is CCOc1ccc(NC(=O)[C@@H]2[C@H]3C(=O)N([C@@H](CC)CO)C(C(=O)Nc4ccc5ccccc5c4)C34CC(C)[C@@]2(C)O4)cc1. The fraction of sp³-hybridized carbons (Fsp3) is 0.441. The first-order chi connectivity index (χ1) is 20.7. The topological polar surface area (TPSA) is 117 Å². The average molecular weight is 586 g/mol. The molecular weight excluding hydrogens is 546 g/mol. The van der Waals surface area contributed by atoms with Gasteiger partial charge in [0, 0.05) is 11.4 Å². The minimum Gasteiger partial charge on any atom is -0.494 e. The van der Waals surface area contributed by atoms with Crippen molar-refractivity contribution in [3.8, 4) is 5.75 Å². The third kappa shape index (κ3) is 4.57. The van der Waals surface area contributed by atoms with Crippen LogP contribution in [0.1, 0.15) is 40.5 Å². The number of likely N-dealkylation sites (tertiary alicyclic amines) is 1. The van der Waals surface area contributed by atoms with Gasteiger partial charge in [-0.15, -0.1) is 0 Å². The Hall–Kier alpha value is -3.95. The number of fused-ring (bicyclic) bond motifs is 2. The molecule has 3 amide bonds. The van der Waals surface area contributed by atoms with Crippen molar-refractivity contribution in [1.29, 1.82) is 0 Å². The van der Waals surface area contributed by atoms with Crippen LogP contribution in [0.4, 0.5) is 11.4 Å². The van der Waals surface area contributed by atoms with Gasteiger partial charge in [-0.25, -0.2) is 0 Å². The summed E-state index contributed by atoms with van der Waals surface area (Å²) in [7, 11) is 0. The van der Waals surface area contributed by atoms with Gasteiger partial charge < -0.3 is 30.1 Å². The van der Waals surface area contributed by atoms with Gasteiger partial charge in [0.15, 0.2) is 0 Å². The maximum Gasteiger partial charge on any atom is 0.250 e. The average Bonchev–Trinajstić information content (AvgIpc) is 3.51. The van der Waals surface area contributed by atoms with E-state index in [-0.39, 0.29) is 30.2 Å². The lowest BCUT2D eigenvalue weighted by atomic mass is 9.62. The van der Waals surface area contributed by atoms with E-state index < -0.39 is 35.1 Å². The van der Waals surface area contributed by atoms with E-state index >= 15 is 0 Å². The van der Waals surface area contributed by atoms with Crippen LogP contribution < -0.4 is 15.4 Å². The fourth-order valence-corrected chi connectivity index (χ4v) is 7.68. The summed E-state index contributed by atoms with van der Waals surface area (Å²) >= 11 is 0. The highest BCUT2D eigenvalue weighted by Gasteiger charge is 2.80. The lowest BCUT2D eigenvalue weighted by Gasteiger charge is -2.36. The number of ether oxygens (including phenoxy) is 2. The summed E-state index contributed by atoms with van der Waals surface area (Å²) in [6.45, 7) is 7.90. The lowest BCUT2D eigenvalue weighted by molar-refractivity contribution is -0.148. The van der Waals surface area contributed by atoms with Crippen LogP contribution in [-0.4, -0.2) is 64.2 Å². The molecule has 0 aliphatic carbocycles. The van der Waals surface area contributed by atoms with E-state index in [1.807, 2.05) is 70.2 Å². The molecule has 43 heavy (non-hydrogen) atoms. The van der Waals surface area contributed by atoms with Gasteiger partial charge in [0.25, 0.3) is 0 Å². The van der Waals surface area contributed by atoms with Crippen LogP contribution in [0.15, 0.2) is 66.7 Å². The Morgan fingerprint density at radius 1 is 1.02 bits per heavy atom. The first-order valence-corrected chi connectivity index (χ1v) is 15.1. The highest BCUT2D eigenvalue weighted by atomic mass is 16.5. The van der Waals surface area contributed by atoms with Gasteiger partial charge in [-0.05, 0) is 79.8 Å². The Morgan fingerprint density at radius 2 is 1.70 bits per heavy atom. The first kappa shape index (κ1) is 29.1. The van der Waals surface area contributed by atoms with Gasteiger partial charge in [-0.1, -0.05) is 44.2 Å². The summed E-state index contributed by atoms with van der Waals surface area (Å²) < 4.78 is 12.3. The first-order valence-electron chi connectivity index (χ1n) is 15.1. The number of aliphatic hydroxyl groups excluding tert-OH is 1. The predicted molar refractivity (Wildman–Crippen MR) is 164 cm³/mol. The molecule has 3 aromatic rings. The minimum atomic E-state index is -1.21. The van der Waals surface area contributed by atoms with E-state index in [1.165, 1.54) is 4.90 Å². The van der Waals surface area contributed by atoms with Crippen molar-refractivity contribution >= 4 is 39.9 Å². The molecule has 3 unspecified atom stereocenters. The number of hydrogen-bond acceptors (Lipinski definition) is 6. The number of carbonyl (C=O) groups excluding carboxylic acids is 3. The van der Waals surface area contributed by atoms with Gasteiger partial charge >= 0.3 is 0 Å². The van der Waals surface area contributed by atoms with Crippen LogP contribution in [0.25, 0.3) is 10.8 Å². The van der Waals surface area contributed by atoms with E-state index in [1.54, 1.807) is 24.3 Å². The van der Waals surface area contributed by atoms with Crippen LogP contribution >= 0.6 is 0 Å². The Bertz CT molecular complexity index is 1560. The highest BCUT2D eigenvalue weighted by molar-refractivity contribution is 6.06. The zero-order valence-corrected chi connectivity index (χ0v) is 25.0. The number of nitrogens with zero attached hydrogens (tertiary/aromatic N) is 1. The number of carbonyl (C=O) groups is 3. The van der Waals surface area contributed by atoms with Crippen LogP contribution in [0.3, 0.4) is 0 Å². The van der Waals surface area contributed by atoms with Gasteiger partial charge in [-0.3, -0.25) is 14.4 Å². The number of aliphatic hydroxyl groups is 1. The lowest BCUT2D eigenvalue weighted by Crippen LogP contribution is -2.56. The zero-order valence-electron chi connectivity index (χ0n) is 25.0. The second-order valence-corrected chi connectivity index (χ2v) is 12.2. The van der Waals surface area contributed by atoms with Crippen molar-refractivity contribution < 1.29 is 29.0 Å².